The molecule has 0 aliphatic heterocycles. The monoisotopic (exact) mass is 617 g/mol. The number of amides is 1. The second-order valence-corrected chi connectivity index (χ2v) is 7.40. The van der Waals surface area contributed by atoms with Crippen molar-refractivity contribution in [1.82, 2.24) is 0 Å². The van der Waals surface area contributed by atoms with E-state index < -0.39 is 59.2 Å². The zero-order chi connectivity index (χ0) is 28.3. The number of carbonyl (C=O) groups is 1. The molecule has 0 unspecified atom stereocenters. The van der Waals surface area contributed by atoms with Gasteiger partial charge in [-0.25, -0.2) is 0 Å². The number of halogens is 18. The standard InChI is InChI=1S/C15H5BrF17NO/c16-5-1-3-6(4-2-5)34-7(35)8(17,18)9(19,20)10(21,22)11(23,24)12(25,26)13(27,28)14(29,30)15(31,32)33/h1-4H,(H,34,35). The van der Waals surface area contributed by atoms with Crippen molar-refractivity contribution in [1.29, 1.82) is 0 Å². The van der Waals surface area contributed by atoms with Crippen LogP contribution < -0.4 is 5.32 Å². The van der Waals surface area contributed by atoms with Crippen LogP contribution in [0.5, 0.6) is 0 Å². The van der Waals surface area contributed by atoms with Crippen LogP contribution in [0.4, 0.5) is 80.3 Å². The number of carbonyl (C=O) groups excluding carboxylic acids is 1. The first-order valence-corrected chi connectivity index (χ1v) is 8.72. The van der Waals surface area contributed by atoms with Crippen molar-refractivity contribution in [2.75, 3.05) is 5.32 Å². The summed E-state index contributed by atoms with van der Waals surface area (Å²) in [5.74, 6) is -61.7. The predicted molar refractivity (Wildman–Crippen MR) is 83.5 cm³/mol. The first kappa shape index (κ1) is 31.0. The fourth-order valence-electron chi connectivity index (χ4n) is 2.05. The Labute approximate surface area is 189 Å². The van der Waals surface area contributed by atoms with Gasteiger partial charge in [-0.1, -0.05) is 15.9 Å². The minimum absolute atomic E-state index is 0.151. The summed E-state index contributed by atoms with van der Waals surface area (Å²) in [6, 6.07) is 3.07. The molecule has 35 heavy (non-hydrogen) atoms. The van der Waals surface area contributed by atoms with Gasteiger partial charge in [0, 0.05) is 10.2 Å². The summed E-state index contributed by atoms with van der Waals surface area (Å²) in [6.45, 7) is 0. The Kier molecular flexibility index (Phi) is 7.56. The van der Waals surface area contributed by atoms with Crippen LogP contribution in [0.3, 0.4) is 0 Å². The van der Waals surface area contributed by atoms with E-state index in [-0.39, 0.29) is 4.47 Å². The third-order valence-corrected chi connectivity index (χ3v) is 4.64. The minimum Gasteiger partial charge on any atom is -0.321 e. The van der Waals surface area contributed by atoms with Gasteiger partial charge in [0.1, 0.15) is 0 Å². The van der Waals surface area contributed by atoms with Crippen molar-refractivity contribution < 1.29 is 79.4 Å². The molecule has 0 heterocycles. The second kappa shape index (κ2) is 8.53. The van der Waals surface area contributed by atoms with Gasteiger partial charge >= 0.3 is 53.5 Å². The van der Waals surface area contributed by atoms with Crippen LogP contribution in [0, 0.1) is 0 Å². The number of alkyl halides is 17. The van der Waals surface area contributed by atoms with Gasteiger partial charge in [0.2, 0.25) is 0 Å². The summed E-state index contributed by atoms with van der Waals surface area (Å²) >= 11 is 2.77. The Morgan fingerprint density at radius 3 is 1.20 bits per heavy atom. The maximum absolute atomic E-state index is 13.7. The Bertz CT molecular complexity index is 938. The highest BCUT2D eigenvalue weighted by Crippen LogP contribution is 2.63. The molecule has 0 radical (unpaired) electrons. The molecule has 2 nitrogen and oxygen atoms in total. The summed E-state index contributed by atoms with van der Waals surface area (Å²) in [5, 5.41) is 0.780. The van der Waals surface area contributed by atoms with Crippen LogP contribution in [0.15, 0.2) is 28.7 Å². The van der Waals surface area contributed by atoms with Crippen molar-refractivity contribution in [3.63, 3.8) is 0 Å². The lowest BCUT2D eigenvalue weighted by molar-refractivity contribution is -0.459. The number of anilines is 1. The van der Waals surface area contributed by atoms with Crippen LogP contribution in [0.25, 0.3) is 0 Å². The smallest absolute Gasteiger partial charge is 0.321 e. The molecule has 202 valence electrons. The molecule has 1 rings (SSSR count). The van der Waals surface area contributed by atoms with E-state index in [1.165, 1.54) is 0 Å². The van der Waals surface area contributed by atoms with Crippen molar-refractivity contribution in [3.05, 3.63) is 28.7 Å². The van der Waals surface area contributed by atoms with E-state index in [9.17, 15) is 79.4 Å². The van der Waals surface area contributed by atoms with Crippen LogP contribution in [0.2, 0.25) is 0 Å². The molecule has 0 saturated heterocycles. The van der Waals surface area contributed by atoms with Gasteiger partial charge in [-0.3, -0.25) is 4.79 Å². The molecule has 20 heteroatoms. The van der Waals surface area contributed by atoms with Gasteiger partial charge in [0.05, 0.1) is 0 Å². The average Bonchev–Trinajstić information content (AvgIpc) is 2.67. The summed E-state index contributed by atoms with van der Waals surface area (Å²) in [5.41, 5.74) is -0.912. The van der Waals surface area contributed by atoms with E-state index in [1.54, 1.807) is 0 Å². The highest BCUT2D eigenvalue weighted by atomic mass is 79.9. The number of hydrogen-bond donors (Lipinski definition) is 1. The molecule has 0 aromatic heterocycles. The third-order valence-electron chi connectivity index (χ3n) is 4.11. The van der Waals surface area contributed by atoms with Crippen molar-refractivity contribution in [2.45, 2.75) is 47.6 Å². The number of hydrogen-bond acceptors (Lipinski definition) is 1. The quantitative estimate of drug-likeness (QED) is 0.303. The minimum atomic E-state index is -8.75. The molecular weight excluding hydrogens is 613 g/mol. The molecule has 0 aliphatic rings. The van der Waals surface area contributed by atoms with E-state index in [0.29, 0.717) is 12.1 Å². The lowest BCUT2D eigenvalue weighted by Crippen LogP contribution is -2.75. The summed E-state index contributed by atoms with van der Waals surface area (Å²) in [6.07, 6.45) is -7.83. The fourth-order valence-corrected chi connectivity index (χ4v) is 2.31. The summed E-state index contributed by atoms with van der Waals surface area (Å²) < 4.78 is 224. The van der Waals surface area contributed by atoms with E-state index in [1.807, 2.05) is 0 Å². The molecule has 0 bridgehead atoms. The molecule has 0 aliphatic carbocycles. The summed E-state index contributed by atoms with van der Waals surface area (Å²) in [7, 11) is 0. The van der Waals surface area contributed by atoms with E-state index >= 15 is 0 Å². The van der Waals surface area contributed by atoms with Gasteiger partial charge < -0.3 is 5.32 Å². The molecular formula is C15H5BrF17NO. The first-order chi connectivity index (χ1) is 15.1. The molecule has 0 fully saturated rings. The maximum atomic E-state index is 13.7. The molecule has 1 N–H and O–H groups in total. The largest absolute Gasteiger partial charge is 0.460 e. The molecule has 1 aromatic carbocycles. The summed E-state index contributed by atoms with van der Waals surface area (Å²) in [4.78, 5) is 11.3. The lowest BCUT2D eigenvalue weighted by atomic mass is 9.89. The maximum Gasteiger partial charge on any atom is 0.460 e. The topological polar surface area (TPSA) is 29.1 Å². The fraction of sp³-hybridized carbons (Fsp3) is 0.533. The second-order valence-electron chi connectivity index (χ2n) is 6.48. The molecule has 1 amide bonds. The van der Waals surface area contributed by atoms with Gasteiger partial charge in [0.25, 0.3) is 0 Å². The van der Waals surface area contributed by atoms with Gasteiger partial charge in [0.15, 0.2) is 0 Å². The molecule has 0 spiro atoms. The highest BCUT2D eigenvalue weighted by Gasteiger charge is 2.95. The zero-order valence-electron chi connectivity index (χ0n) is 15.5. The molecule has 0 atom stereocenters. The Morgan fingerprint density at radius 1 is 0.543 bits per heavy atom. The highest BCUT2D eigenvalue weighted by molar-refractivity contribution is 9.10. The van der Waals surface area contributed by atoms with Gasteiger partial charge in [-0.15, -0.1) is 0 Å². The number of rotatable bonds is 8. The predicted octanol–water partition coefficient (Wildman–Crippen LogP) is 7.40. The van der Waals surface area contributed by atoms with E-state index in [4.69, 9.17) is 0 Å². The third kappa shape index (κ3) is 4.38. The Balaban J connectivity index is 3.56. The van der Waals surface area contributed by atoms with Crippen molar-refractivity contribution >= 4 is 27.5 Å². The Hall–Kier alpha value is -2.02. The van der Waals surface area contributed by atoms with Crippen LogP contribution >= 0.6 is 15.9 Å². The lowest BCUT2D eigenvalue weighted by Gasteiger charge is -2.42. The van der Waals surface area contributed by atoms with Gasteiger partial charge in [-0.05, 0) is 24.3 Å². The zero-order valence-corrected chi connectivity index (χ0v) is 17.1. The number of nitrogens with one attached hydrogen (secondary N) is 1. The van der Waals surface area contributed by atoms with Crippen LogP contribution in [0.1, 0.15) is 0 Å². The van der Waals surface area contributed by atoms with Crippen LogP contribution in [-0.4, -0.2) is 53.5 Å². The van der Waals surface area contributed by atoms with Crippen molar-refractivity contribution in [2.24, 2.45) is 0 Å². The SMILES string of the molecule is O=C(Nc1ccc(Br)cc1)C(F)(F)C(F)(F)C(F)(F)C(F)(F)C(F)(F)C(F)(F)C(F)(F)C(F)(F)F. The Morgan fingerprint density at radius 2 is 0.857 bits per heavy atom. The normalized spacial score (nSPS) is 15.3. The van der Waals surface area contributed by atoms with E-state index in [2.05, 4.69) is 15.9 Å². The number of benzene rings is 1. The molecule has 0 saturated carbocycles. The average molecular weight is 618 g/mol. The van der Waals surface area contributed by atoms with Crippen molar-refractivity contribution in [3.8, 4) is 0 Å². The van der Waals surface area contributed by atoms with Crippen LogP contribution in [-0.2, 0) is 4.79 Å². The van der Waals surface area contributed by atoms with E-state index in [0.717, 1.165) is 17.4 Å². The first-order valence-electron chi connectivity index (χ1n) is 7.93. The van der Waals surface area contributed by atoms with Gasteiger partial charge in [-0.2, -0.15) is 74.6 Å². The molecule has 1 aromatic rings.